The van der Waals surface area contributed by atoms with Gasteiger partial charge < -0.3 is 10.5 Å². The molecule has 0 spiro atoms. The van der Waals surface area contributed by atoms with E-state index in [1.165, 1.54) is 6.07 Å². The van der Waals surface area contributed by atoms with Gasteiger partial charge in [-0.3, -0.25) is 0 Å². The van der Waals surface area contributed by atoms with Crippen LogP contribution in [0.2, 0.25) is 0 Å². The van der Waals surface area contributed by atoms with Crippen molar-refractivity contribution in [2.45, 2.75) is 25.5 Å². The van der Waals surface area contributed by atoms with Gasteiger partial charge in [0.1, 0.15) is 0 Å². The number of nitrogens with two attached hydrogens (primary N) is 1. The summed E-state index contributed by atoms with van der Waals surface area (Å²) in [6, 6.07) is 1.58. The predicted molar refractivity (Wildman–Crippen MR) is 53.1 cm³/mol. The van der Waals surface area contributed by atoms with Gasteiger partial charge >= 0.3 is 12.5 Å². The van der Waals surface area contributed by atoms with E-state index in [-0.39, 0.29) is 6.07 Å². The van der Waals surface area contributed by atoms with Crippen molar-refractivity contribution in [2.24, 2.45) is 5.73 Å². The lowest BCUT2D eigenvalue weighted by Gasteiger charge is -2.16. The zero-order valence-electron chi connectivity index (χ0n) is 9.64. The van der Waals surface area contributed by atoms with Crippen LogP contribution in [0.4, 0.5) is 26.3 Å². The number of nitrogens with zero attached hydrogens (tertiary/aromatic N) is 2. The average Bonchev–Trinajstić information content (AvgIpc) is 2.27. The SMILES string of the molecule is N#CCc1c(C(F)(F)F)cc(OC(F)(F)F)nc1CN. The first-order chi connectivity index (χ1) is 9.08. The van der Waals surface area contributed by atoms with Crippen molar-refractivity contribution in [1.29, 1.82) is 5.26 Å². The Labute approximate surface area is 108 Å². The Kier molecular flexibility index (Phi) is 4.44. The molecule has 10 heteroatoms. The van der Waals surface area contributed by atoms with Crippen LogP contribution in [0.15, 0.2) is 6.07 Å². The maximum absolute atomic E-state index is 12.8. The molecule has 0 amide bonds. The summed E-state index contributed by atoms with van der Waals surface area (Å²) in [4.78, 5) is 3.25. The summed E-state index contributed by atoms with van der Waals surface area (Å²) in [6.07, 6.45) is -10.8. The Bertz CT molecular complexity index is 532. The number of hydrogen-bond donors (Lipinski definition) is 1. The van der Waals surface area contributed by atoms with Crippen LogP contribution in [0.3, 0.4) is 0 Å². The van der Waals surface area contributed by atoms with Crippen molar-refractivity contribution in [3.8, 4) is 11.9 Å². The van der Waals surface area contributed by atoms with Crippen molar-refractivity contribution >= 4 is 0 Å². The number of ether oxygens (including phenoxy) is 1. The molecule has 0 aliphatic heterocycles. The van der Waals surface area contributed by atoms with Crippen LogP contribution in [-0.4, -0.2) is 11.3 Å². The smallest absolute Gasteiger partial charge is 0.388 e. The molecule has 0 atom stereocenters. The average molecular weight is 299 g/mol. The largest absolute Gasteiger partial charge is 0.574 e. The van der Waals surface area contributed by atoms with Crippen LogP contribution >= 0.6 is 0 Å². The number of alkyl halides is 6. The van der Waals surface area contributed by atoms with Crippen LogP contribution in [0.25, 0.3) is 0 Å². The maximum atomic E-state index is 12.8. The number of aromatic nitrogens is 1. The van der Waals surface area contributed by atoms with E-state index in [4.69, 9.17) is 11.0 Å². The second kappa shape index (κ2) is 5.54. The van der Waals surface area contributed by atoms with Crippen LogP contribution in [-0.2, 0) is 19.1 Å². The van der Waals surface area contributed by atoms with Gasteiger partial charge in [-0.05, 0) is 0 Å². The fraction of sp³-hybridized carbons (Fsp3) is 0.400. The standard InChI is InChI=1S/C10H7F6N3O/c11-9(12,13)6-3-8(20-10(14,15)16)19-7(4-18)5(6)1-2-17/h3H,1,4,18H2. The molecule has 0 unspecified atom stereocenters. The summed E-state index contributed by atoms with van der Waals surface area (Å²) in [7, 11) is 0. The third-order valence-electron chi connectivity index (χ3n) is 2.16. The molecule has 0 aliphatic rings. The Balaban J connectivity index is 3.44. The fourth-order valence-corrected chi connectivity index (χ4v) is 1.47. The molecule has 20 heavy (non-hydrogen) atoms. The molecule has 0 fully saturated rings. The molecule has 1 rings (SSSR count). The molecule has 4 nitrogen and oxygen atoms in total. The van der Waals surface area contributed by atoms with Gasteiger partial charge in [0, 0.05) is 18.2 Å². The molecule has 110 valence electrons. The maximum Gasteiger partial charge on any atom is 0.574 e. The quantitative estimate of drug-likeness (QED) is 0.870. The number of hydrogen-bond acceptors (Lipinski definition) is 4. The lowest BCUT2D eigenvalue weighted by Crippen LogP contribution is -2.21. The van der Waals surface area contributed by atoms with Gasteiger partial charge in [0.15, 0.2) is 0 Å². The molecule has 1 aromatic heterocycles. The molecule has 1 heterocycles. The van der Waals surface area contributed by atoms with E-state index >= 15 is 0 Å². The third-order valence-corrected chi connectivity index (χ3v) is 2.16. The number of halogens is 6. The minimum atomic E-state index is -5.18. The molecule has 2 N–H and O–H groups in total. The highest BCUT2D eigenvalue weighted by Crippen LogP contribution is 2.36. The van der Waals surface area contributed by atoms with Gasteiger partial charge in [-0.1, -0.05) is 0 Å². The zero-order chi connectivity index (χ0) is 15.6. The highest BCUT2D eigenvalue weighted by molar-refractivity contribution is 5.39. The van der Waals surface area contributed by atoms with E-state index in [2.05, 4.69) is 9.72 Å². The van der Waals surface area contributed by atoms with E-state index in [0.29, 0.717) is 0 Å². The Morgan fingerprint density at radius 2 is 1.85 bits per heavy atom. The molecule has 0 aromatic carbocycles. The normalized spacial score (nSPS) is 12.1. The van der Waals surface area contributed by atoms with E-state index in [9.17, 15) is 26.3 Å². The molecule has 0 saturated heterocycles. The van der Waals surface area contributed by atoms with E-state index in [1.807, 2.05) is 0 Å². The molecule has 1 aromatic rings. The summed E-state index contributed by atoms with van der Waals surface area (Å²) in [5.74, 6) is -1.27. The van der Waals surface area contributed by atoms with E-state index < -0.39 is 48.2 Å². The Morgan fingerprint density at radius 3 is 2.25 bits per heavy atom. The highest BCUT2D eigenvalue weighted by Gasteiger charge is 2.38. The van der Waals surface area contributed by atoms with Crippen LogP contribution in [0.5, 0.6) is 5.88 Å². The second-order valence-electron chi connectivity index (χ2n) is 3.52. The van der Waals surface area contributed by atoms with Gasteiger partial charge in [0.25, 0.3) is 0 Å². The van der Waals surface area contributed by atoms with Crippen molar-refractivity contribution in [1.82, 2.24) is 4.98 Å². The van der Waals surface area contributed by atoms with Crippen molar-refractivity contribution in [3.05, 3.63) is 22.9 Å². The van der Waals surface area contributed by atoms with Gasteiger partial charge in [-0.15, -0.1) is 13.2 Å². The minimum Gasteiger partial charge on any atom is -0.388 e. The van der Waals surface area contributed by atoms with Crippen molar-refractivity contribution in [2.75, 3.05) is 0 Å². The lowest BCUT2D eigenvalue weighted by atomic mass is 10.0. The monoisotopic (exact) mass is 299 g/mol. The fourth-order valence-electron chi connectivity index (χ4n) is 1.47. The molecular weight excluding hydrogens is 292 g/mol. The van der Waals surface area contributed by atoms with Crippen molar-refractivity contribution in [3.63, 3.8) is 0 Å². The molecule has 0 radical (unpaired) electrons. The summed E-state index contributed by atoms with van der Waals surface area (Å²) in [5.41, 5.74) is 2.70. The van der Waals surface area contributed by atoms with Crippen LogP contribution < -0.4 is 10.5 Å². The van der Waals surface area contributed by atoms with Gasteiger partial charge in [-0.25, -0.2) is 4.98 Å². The zero-order valence-corrected chi connectivity index (χ0v) is 9.64. The molecule has 0 saturated carbocycles. The third kappa shape index (κ3) is 3.99. The minimum absolute atomic E-state index is 0.0966. The number of pyridine rings is 1. The summed E-state index contributed by atoms with van der Waals surface area (Å²) in [5, 5.41) is 8.49. The Hall–Kier alpha value is -2.02. The number of rotatable bonds is 3. The summed E-state index contributed by atoms with van der Waals surface area (Å²) < 4.78 is 77.8. The van der Waals surface area contributed by atoms with Gasteiger partial charge in [-0.2, -0.15) is 18.4 Å². The van der Waals surface area contributed by atoms with Crippen LogP contribution in [0, 0.1) is 11.3 Å². The lowest BCUT2D eigenvalue weighted by molar-refractivity contribution is -0.276. The van der Waals surface area contributed by atoms with E-state index in [1.54, 1.807) is 0 Å². The first-order valence-electron chi connectivity index (χ1n) is 5.01. The predicted octanol–water partition coefficient (Wildman–Crippen LogP) is 2.52. The summed E-state index contributed by atoms with van der Waals surface area (Å²) in [6.45, 7) is -0.560. The second-order valence-corrected chi connectivity index (χ2v) is 3.52. The van der Waals surface area contributed by atoms with Crippen LogP contribution in [0.1, 0.15) is 16.8 Å². The highest BCUT2D eigenvalue weighted by atomic mass is 19.4. The van der Waals surface area contributed by atoms with E-state index in [0.717, 1.165) is 0 Å². The molecule has 0 bridgehead atoms. The first-order valence-corrected chi connectivity index (χ1v) is 5.01. The van der Waals surface area contributed by atoms with Gasteiger partial charge in [0.05, 0.1) is 23.7 Å². The number of nitriles is 1. The summed E-state index contributed by atoms with van der Waals surface area (Å²) >= 11 is 0. The topological polar surface area (TPSA) is 71.9 Å². The molecule has 0 aliphatic carbocycles. The van der Waals surface area contributed by atoms with Crippen molar-refractivity contribution < 1.29 is 31.1 Å². The van der Waals surface area contributed by atoms with Gasteiger partial charge in [0.2, 0.25) is 5.88 Å². The first kappa shape index (κ1) is 16.0. The Morgan fingerprint density at radius 1 is 1.25 bits per heavy atom. The molecular formula is C10H7F6N3O.